The molecule has 2 aromatic rings. The Morgan fingerprint density at radius 1 is 1.19 bits per heavy atom. The summed E-state index contributed by atoms with van der Waals surface area (Å²) in [7, 11) is 0. The molecule has 0 bridgehead atoms. The highest BCUT2D eigenvalue weighted by Crippen LogP contribution is 2.33. The molecule has 110 valence electrons. The summed E-state index contributed by atoms with van der Waals surface area (Å²) in [5.74, 6) is 1.03. The largest absolute Gasteiger partial charge is 0.493 e. The minimum atomic E-state index is 0.721. The van der Waals surface area contributed by atoms with Gasteiger partial charge >= 0.3 is 0 Å². The van der Waals surface area contributed by atoms with Crippen LogP contribution in [-0.4, -0.2) is 18.1 Å². The Kier molecular flexibility index (Phi) is 4.29. The van der Waals surface area contributed by atoms with Crippen LogP contribution < -0.4 is 15.4 Å². The summed E-state index contributed by atoms with van der Waals surface area (Å²) in [6, 6.07) is 6.31. The van der Waals surface area contributed by atoms with Crippen LogP contribution in [0.3, 0.4) is 0 Å². The second-order valence-electron chi connectivity index (χ2n) is 5.00. The molecule has 0 amide bonds. The van der Waals surface area contributed by atoms with Crippen molar-refractivity contribution in [2.75, 3.05) is 23.8 Å². The van der Waals surface area contributed by atoms with E-state index in [-0.39, 0.29) is 0 Å². The minimum absolute atomic E-state index is 0.721. The summed E-state index contributed by atoms with van der Waals surface area (Å²) in [6.07, 6.45) is 4.65. The molecule has 1 aliphatic rings. The molecule has 2 heterocycles. The van der Waals surface area contributed by atoms with Crippen molar-refractivity contribution in [2.45, 2.75) is 19.9 Å². The molecular formula is C16H18BrN3O. The van der Waals surface area contributed by atoms with E-state index >= 15 is 0 Å². The average molecular weight is 348 g/mol. The van der Waals surface area contributed by atoms with E-state index in [2.05, 4.69) is 56.7 Å². The van der Waals surface area contributed by atoms with Crippen molar-refractivity contribution in [3.05, 3.63) is 46.2 Å². The number of pyridine rings is 1. The molecule has 0 saturated heterocycles. The van der Waals surface area contributed by atoms with E-state index in [1.165, 1.54) is 11.1 Å². The summed E-state index contributed by atoms with van der Waals surface area (Å²) in [4.78, 5) is 4.24. The van der Waals surface area contributed by atoms with E-state index in [1.54, 1.807) is 0 Å². The van der Waals surface area contributed by atoms with Crippen LogP contribution in [0.1, 0.15) is 18.1 Å². The summed E-state index contributed by atoms with van der Waals surface area (Å²) in [5, 5.41) is 6.68. The molecule has 0 atom stereocenters. The van der Waals surface area contributed by atoms with Crippen molar-refractivity contribution in [3.63, 3.8) is 0 Å². The van der Waals surface area contributed by atoms with Gasteiger partial charge < -0.3 is 15.4 Å². The second-order valence-corrected chi connectivity index (χ2v) is 5.91. The average Bonchev–Trinajstić information content (AvgIpc) is 2.93. The minimum Gasteiger partial charge on any atom is -0.493 e. The maximum Gasteiger partial charge on any atom is 0.127 e. The molecule has 2 N–H and O–H groups in total. The number of halogens is 1. The van der Waals surface area contributed by atoms with Crippen molar-refractivity contribution >= 4 is 27.3 Å². The molecule has 1 aliphatic heterocycles. The third kappa shape index (κ3) is 3.29. The quantitative estimate of drug-likeness (QED) is 0.862. The molecule has 21 heavy (non-hydrogen) atoms. The van der Waals surface area contributed by atoms with Gasteiger partial charge in [0.1, 0.15) is 5.75 Å². The number of nitrogens with zero attached hydrogens (tertiary/aromatic N) is 1. The number of hydrogen-bond donors (Lipinski definition) is 2. The summed E-state index contributed by atoms with van der Waals surface area (Å²) >= 11 is 3.57. The van der Waals surface area contributed by atoms with Crippen LogP contribution in [0.2, 0.25) is 0 Å². The number of hydrogen-bond acceptors (Lipinski definition) is 4. The van der Waals surface area contributed by atoms with Crippen molar-refractivity contribution in [3.8, 4) is 5.75 Å². The van der Waals surface area contributed by atoms with E-state index < -0.39 is 0 Å². The number of rotatable bonds is 5. The molecule has 0 fully saturated rings. The number of fused-ring (bicyclic) bond motifs is 1. The Morgan fingerprint density at radius 2 is 2.00 bits per heavy atom. The highest BCUT2D eigenvalue weighted by Gasteiger charge is 2.17. The van der Waals surface area contributed by atoms with E-state index in [9.17, 15) is 0 Å². The lowest BCUT2D eigenvalue weighted by Gasteiger charge is -2.12. The van der Waals surface area contributed by atoms with Crippen LogP contribution in [-0.2, 0) is 13.0 Å². The van der Waals surface area contributed by atoms with Crippen LogP contribution >= 0.6 is 15.9 Å². The highest BCUT2D eigenvalue weighted by molar-refractivity contribution is 9.10. The van der Waals surface area contributed by atoms with Gasteiger partial charge in [-0.2, -0.15) is 0 Å². The molecule has 0 radical (unpaired) electrons. The lowest BCUT2D eigenvalue weighted by Crippen LogP contribution is -2.03. The van der Waals surface area contributed by atoms with Gasteiger partial charge in [-0.3, -0.25) is 4.98 Å². The third-order valence-corrected chi connectivity index (χ3v) is 3.89. The number of anilines is 2. The van der Waals surface area contributed by atoms with Crippen molar-refractivity contribution in [1.82, 2.24) is 4.98 Å². The van der Waals surface area contributed by atoms with Crippen LogP contribution in [0.15, 0.2) is 35.1 Å². The zero-order chi connectivity index (χ0) is 14.7. The van der Waals surface area contributed by atoms with Gasteiger partial charge in [0.2, 0.25) is 0 Å². The molecule has 1 aromatic heterocycles. The number of aromatic nitrogens is 1. The first-order valence-corrected chi connectivity index (χ1v) is 7.92. The molecule has 3 rings (SSSR count). The maximum absolute atomic E-state index is 5.75. The Balaban J connectivity index is 1.75. The lowest BCUT2D eigenvalue weighted by molar-refractivity contribution is 0.354. The summed E-state index contributed by atoms with van der Waals surface area (Å²) in [6.45, 7) is 4.45. The molecule has 0 saturated carbocycles. The monoisotopic (exact) mass is 347 g/mol. The SMILES string of the molecule is CCNc1cncc(NCc2cc(Br)cc3c2OCC3)c1. The van der Waals surface area contributed by atoms with Gasteiger partial charge in [-0.15, -0.1) is 0 Å². The second kappa shape index (κ2) is 6.35. The molecule has 5 heteroatoms. The standard InChI is InChI=1S/C16H18BrN3O/c1-2-19-14-7-15(10-18-9-14)20-8-12-6-13(17)5-11-3-4-21-16(11)12/h5-7,9-10,19-20H,2-4,8H2,1H3. The predicted molar refractivity (Wildman–Crippen MR) is 89.1 cm³/mol. The Hall–Kier alpha value is -1.75. The Labute approximate surface area is 133 Å². The van der Waals surface area contributed by atoms with Crippen LogP contribution in [0, 0.1) is 0 Å². The predicted octanol–water partition coefficient (Wildman–Crippen LogP) is 3.82. The smallest absolute Gasteiger partial charge is 0.127 e. The molecule has 4 nitrogen and oxygen atoms in total. The Morgan fingerprint density at radius 3 is 2.81 bits per heavy atom. The molecule has 1 aromatic carbocycles. The number of benzene rings is 1. The van der Waals surface area contributed by atoms with E-state index in [1.807, 2.05) is 12.4 Å². The zero-order valence-electron chi connectivity index (χ0n) is 11.9. The van der Waals surface area contributed by atoms with Crippen LogP contribution in [0.25, 0.3) is 0 Å². The first-order valence-electron chi connectivity index (χ1n) is 7.13. The van der Waals surface area contributed by atoms with E-state index in [4.69, 9.17) is 4.74 Å². The molecule has 0 aliphatic carbocycles. The molecule has 0 spiro atoms. The molecular weight excluding hydrogens is 330 g/mol. The maximum atomic E-state index is 5.75. The number of ether oxygens (including phenoxy) is 1. The topological polar surface area (TPSA) is 46.2 Å². The first-order chi connectivity index (χ1) is 10.3. The fraction of sp³-hybridized carbons (Fsp3) is 0.312. The van der Waals surface area contributed by atoms with Gasteiger partial charge in [0.05, 0.1) is 30.4 Å². The van der Waals surface area contributed by atoms with Gasteiger partial charge in [0.15, 0.2) is 0 Å². The van der Waals surface area contributed by atoms with Gasteiger partial charge in [-0.1, -0.05) is 15.9 Å². The van der Waals surface area contributed by atoms with Gasteiger partial charge in [-0.25, -0.2) is 0 Å². The van der Waals surface area contributed by atoms with E-state index in [0.29, 0.717) is 0 Å². The van der Waals surface area contributed by atoms with Crippen LogP contribution in [0.5, 0.6) is 5.75 Å². The summed E-state index contributed by atoms with van der Waals surface area (Å²) in [5.41, 5.74) is 4.48. The summed E-state index contributed by atoms with van der Waals surface area (Å²) < 4.78 is 6.85. The van der Waals surface area contributed by atoms with Crippen molar-refractivity contribution < 1.29 is 4.74 Å². The van der Waals surface area contributed by atoms with Crippen LogP contribution in [0.4, 0.5) is 11.4 Å². The Bertz CT molecular complexity index is 645. The molecule has 0 unspecified atom stereocenters. The first kappa shape index (κ1) is 14.2. The lowest BCUT2D eigenvalue weighted by atomic mass is 10.1. The normalized spacial score (nSPS) is 12.7. The number of nitrogens with one attached hydrogen (secondary N) is 2. The third-order valence-electron chi connectivity index (χ3n) is 3.43. The van der Waals surface area contributed by atoms with Gasteiger partial charge in [0, 0.05) is 29.5 Å². The van der Waals surface area contributed by atoms with E-state index in [0.717, 1.165) is 47.7 Å². The van der Waals surface area contributed by atoms with Gasteiger partial charge in [-0.05, 0) is 30.7 Å². The van der Waals surface area contributed by atoms with Crippen molar-refractivity contribution in [2.24, 2.45) is 0 Å². The fourth-order valence-electron chi connectivity index (χ4n) is 2.51. The highest BCUT2D eigenvalue weighted by atomic mass is 79.9. The van der Waals surface area contributed by atoms with Crippen molar-refractivity contribution in [1.29, 1.82) is 0 Å². The van der Waals surface area contributed by atoms with Gasteiger partial charge in [0.25, 0.3) is 0 Å². The zero-order valence-corrected chi connectivity index (χ0v) is 13.5. The fourth-order valence-corrected chi connectivity index (χ4v) is 3.06.